The van der Waals surface area contributed by atoms with Crippen molar-refractivity contribution in [2.45, 2.75) is 25.8 Å². The lowest BCUT2D eigenvalue weighted by molar-refractivity contribution is 0.0761. The number of carbonyl (C=O) groups excluding carboxylic acids is 1. The van der Waals surface area contributed by atoms with E-state index in [1.54, 1.807) is 0 Å². The minimum atomic E-state index is 0.0666. The highest BCUT2D eigenvalue weighted by molar-refractivity contribution is 5.94. The van der Waals surface area contributed by atoms with E-state index in [2.05, 4.69) is 17.4 Å². The minimum absolute atomic E-state index is 0.0666. The monoisotopic (exact) mass is 276 g/mol. The van der Waals surface area contributed by atoms with Crippen LogP contribution in [0.3, 0.4) is 0 Å². The van der Waals surface area contributed by atoms with Crippen LogP contribution in [-0.4, -0.2) is 48.9 Å². The quantitative estimate of drug-likeness (QED) is 0.645. The number of nitrogens with one attached hydrogen (secondary N) is 1. The maximum Gasteiger partial charge on any atom is 0.253 e. The van der Waals surface area contributed by atoms with Crippen LogP contribution >= 0.6 is 0 Å². The van der Waals surface area contributed by atoms with E-state index < -0.39 is 0 Å². The van der Waals surface area contributed by atoms with Crippen LogP contribution in [0.2, 0.25) is 0 Å². The number of hydrogen-bond donors (Lipinski definition) is 2. The Morgan fingerprint density at radius 1 is 1.55 bits per heavy atom. The molecule has 1 atom stereocenters. The van der Waals surface area contributed by atoms with Gasteiger partial charge in [0, 0.05) is 25.2 Å². The zero-order chi connectivity index (χ0) is 14.7. The molecule has 0 saturated carbocycles. The van der Waals surface area contributed by atoms with E-state index in [-0.39, 0.29) is 5.91 Å². The molecule has 1 fully saturated rings. The molecule has 5 heteroatoms. The molecule has 1 aliphatic heterocycles. The first kappa shape index (κ1) is 14.8. The predicted molar refractivity (Wildman–Crippen MR) is 81.6 cm³/mol. The van der Waals surface area contributed by atoms with E-state index in [4.69, 9.17) is 5.84 Å². The molecule has 0 radical (unpaired) electrons. The Kier molecular flexibility index (Phi) is 4.62. The molecule has 0 aromatic heterocycles. The molecule has 110 valence electrons. The topological polar surface area (TPSA) is 61.6 Å². The van der Waals surface area contributed by atoms with Gasteiger partial charge < -0.3 is 15.2 Å². The van der Waals surface area contributed by atoms with E-state index in [1.165, 1.54) is 12.8 Å². The molecule has 1 aromatic carbocycles. The van der Waals surface area contributed by atoms with Gasteiger partial charge in [0.1, 0.15) is 0 Å². The van der Waals surface area contributed by atoms with Crippen LogP contribution in [0.4, 0.5) is 5.69 Å². The smallest absolute Gasteiger partial charge is 0.253 e. The van der Waals surface area contributed by atoms with Crippen LogP contribution in [0.15, 0.2) is 18.2 Å². The number of likely N-dealkylation sites (tertiary alicyclic amines) is 1. The van der Waals surface area contributed by atoms with E-state index in [1.807, 2.05) is 37.1 Å². The Bertz CT molecular complexity index is 489. The van der Waals surface area contributed by atoms with Gasteiger partial charge in [0.15, 0.2) is 0 Å². The standard InChI is InChI=1S/C15H24N4O/c1-11-9-12(6-7-14(11)17-16)15(20)19(3)10-13-5-4-8-18(13)2/h6-7,9,13,17H,4-5,8,10,16H2,1-3H3. The van der Waals surface area contributed by atoms with E-state index in [0.29, 0.717) is 11.6 Å². The van der Waals surface area contributed by atoms with Crippen molar-refractivity contribution < 1.29 is 4.79 Å². The first-order valence-electron chi connectivity index (χ1n) is 7.06. The summed E-state index contributed by atoms with van der Waals surface area (Å²) >= 11 is 0. The second-order valence-electron chi connectivity index (χ2n) is 5.64. The molecule has 2 rings (SSSR count). The summed E-state index contributed by atoms with van der Waals surface area (Å²) in [4.78, 5) is 16.6. The zero-order valence-corrected chi connectivity index (χ0v) is 12.5. The average molecular weight is 276 g/mol. The van der Waals surface area contributed by atoms with Crippen LogP contribution < -0.4 is 11.3 Å². The SMILES string of the molecule is Cc1cc(C(=O)N(C)CC2CCCN2C)ccc1NN. The summed E-state index contributed by atoms with van der Waals surface area (Å²) in [5.74, 6) is 5.48. The van der Waals surface area contributed by atoms with Gasteiger partial charge in [-0.2, -0.15) is 0 Å². The zero-order valence-electron chi connectivity index (χ0n) is 12.5. The molecule has 1 saturated heterocycles. The summed E-state index contributed by atoms with van der Waals surface area (Å²) in [5, 5.41) is 0. The van der Waals surface area contributed by atoms with Crippen LogP contribution in [-0.2, 0) is 0 Å². The fourth-order valence-electron chi connectivity index (χ4n) is 2.79. The van der Waals surface area contributed by atoms with Crippen LogP contribution in [0.25, 0.3) is 0 Å². The number of rotatable bonds is 4. The lowest BCUT2D eigenvalue weighted by Gasteiger charge is -2.26. The molecular formula is C15H24N4O. The van der Waals surface area contributed by atoms with Gasteiger partial charge in [-0.1, -0.05) is 0 Å². The molecular weight excluding hydrogens is 252 g/mol. The fraction of sp³-hybridized carbons (Fsp3) is 0.533. The highest BCUT2D eigenvalue weighted by Crippen LogP contribution is 2.19. The molecule has 20 heavy (non-hydrogen) atoms. The summed E-state index contributed by atoms with van der Waals surface area (Å²) in [6, 6.07) is 6.03. The van der Waals surface area contributed by atoms with Crippen LogP contribution in [0, 0.1) is 6.92 Å². The normalized spacial score (nSPS) is 19.1. The van der Waals surface area contributed by atoms with Gasteiger partial charge in [0.05, 0.1) is 5.69 Å². The summed E-state index contributed by atoms with van der Waals surface area (Å²) in [6.45, 7) is 3.85. The van der Waals surface area contributed by atoms with Gasteiger partial charge in [-0.3, -0.25) is 10.6 Å². The highest BCUT2D eigenvalue weighted by atomic mass is 16.2. The van der Waals surface area contributed by atoms with Crippen molar-refractivity contribution in [3.8, 4) is 0 Å². The van der Waals surface area contributed by atoms with Crippen LogP contribution in [0.1, 0.15) is 28.8 Å². The van der Waals surface area contributed by atoms with Crippen LogP contribution in [0.5, 0.6) is 0 Å². The van der Waals surface area contributed by atoms with Gasteiger partial charge in [0.2, 0.25) is 0 Å². The number of aryl methyl sites for hydroxylation is 1. The number of nitrogens with zero attached hydrogens (tertiary/aromatic N) is 2. The van der Waals surface area contributed by atoms with E-state index >= 15 is 0 Å². The van der Waals surface area contributed by atoms with Crippen molar-refractivity contribution in [3.05, 3.63) is 29.3 Å². The first-order valence-corrected chi connectivity index (χ1v) is 7.06. The molecule has 5 nitrogen and oxygen atoms in total. The third-order valence-electron chi connectivity index (χ3n) is 4.13. The number of hydrogen-bond acceptors (Lipinski definition) is 4. The van der Waals surface area contributed by atoms with Crippen molar-refractivity contribution in [1.82, 2.24) is 9.80 Å². The Morgan fingerprint density at radius 2 is 2.30 bits per heavy atom. The average Bonchev–Trinajstić information content (AvgIpc) is 2.83. The third-order valence-corrected chi connectivity index (χ3v) is 4.13. The van der Waals surface area contributed by atoms with Crippen molar-refractivity contribution >= 4 is 11.6 Å². The Hall–Kier alpha value is -1.59. The lowest BCUT2D eigenvalue weighted by Crippen LogP contribution is -2.39. The van der Waals surface area contributed by atoms with Gasteiger partial charge in [-0.05, 0) is 57.1 Å². The molecule has 3 N–H and O–H groups in total. The summed E-state index contributed by atoms with van der Waals surface area (Å²) in [5.41, 5.74) is 5.16. The molecule has 1 heterocycles. The van der Waals surface area contributed by atoms with Gasteiger partial charge in [0.25, 0.3) is 5.91 Å². The number of nitrogens with two attached hydrogens (primary N) is 1. The molecule has 0 bridgehead atoms. The maximum atomic E-state index is 12.4. The number of nitrogen functional groups attached to an aromatic ring is 1. The fourth-order valence-corrected chi connectivity index (χ4v) is 2.79. The lowest BCUT2D eigenvalue weighted by atomic mass is 10.1. The second-order valence-corrected chi connectivity index (χ2v) is 5.64. The molecule has 1 aromatic rings. The number of benzene rings is 1. The summed E-state index contributed by atoms with van der Waals surface area (Å²) < 4.78 is 0. The molecule has 1 aliphatic rings. The molecule has 0 aliphatic carbocycles. The van der Waals surface area contributed by atoms with Crippen molar-refractivity contribution in [2.24, 2.45) is 5.84 Å². The number of likely N-dealkylation sites (N-methyl/N-ethyl adjacent to an activating group) is 2. The van der Waals surface area contributed by atoms with Crippen molar-refractivity contribution in [2.75, 3.05) is 32.6 Å². The van der Waals surface area contributed by atoms with Gasteiger partial charge in [-0.25, -0.2) is 0 Å². The molecule has 1 unspecified atom stereocenters. The summed E-state index contributed by atoms with van der Waals surface area (Å²) in [6.07, 6.45) is 2.39. The summed E-state index contributed by atoms with van der Waals surface area (Å²) in [7, 11) is 4.00. The molecule has 0 spiro atoms. The highest BCUT2D eigenvalue weighted by Gasteiger charge is 2.24. The Labute approximate surface area is 120 Å². The number of anilines is 1. The van der Waals surface area contributed by atoms with E-state index in [9.17, 15) is 4.79 Å². The number of amides is 1. The Balaban J connectivity index is 2.04. The minimum Gasteiger partial charge on any atom is -0.340 e. The van der Waals surface area contributed by atoms with Gasteiger partial charge in [-0.15, -0.1) is 0 Å². The number of carbonyl (C=O) groups is 1. The second kappa shape index (κ2) is 6.24. The molecule has 1 amide bonds. The van der Waals surface area contributed by atoms with Crippen molar-refractivity contribution in [1.29, 1.82) is 0 Å². The van der Waals surface area contributed by atoms with Crippen molar-refractivity contribution in [3.63, 3.8) is 0 Å². The van der Waals surface area contributed by atoms with Gasteiger partial charge >= 0.3 is 0 Å². The predicted octanol–water partition coefficient (Wildman–Crippen LogP) is 1.45. The number of hydrazine groups is 1. The first-order chi connectivity index (χ1) is 9.52. The Morgan fingerprint density at radius 3 is 2.85 bits per heavy atom. The largest absolute Gasteiger partial charge is 0.340 e. The maximum absolute atomic E-state index is 12.4. The third kappa shape index (κ3) is 3.11. The van der Waals surface area contributed by atoms with E-state index in [0.717, 1.165) is 24.3 Å².